The third kappa shape index (κ3) is 2.71. The maximum Gasteiger partial charge on any atom is 0.184 e. The van der Waals surface area contributed by atoms with Gasteiger partial charge in [0.2, 0.25) is 0 Å². The van der Waals surface area contributed by atoms with Crippen LogP contribution in [-0.4, -0.2) is 27.8 Å². The van der Waals surface area contributed by atoms with Crippen LogP contribution >= 0.6 is 0 Å². The van der Waals surface area contributed by atoms with Crippen molar-refractivity contribution < 1.29 is 10.2 Å². The first-order chi connectivity index (χ1) is 8.58. The van der Waals surface area contributed by atoms with E-state index in [1.165, 1.54) is 6.07 Å². The predicted molar refractivity (Wildman–Crippen MR) is 71.9 cm³/mol. The minimum absolute atomic E-state index is 0.132. The van der Waals surface area contributed by atoms with Crippen molar-refractivity contribution >= 4 is 10.9 Å². The Balaban J connectivity index is 2.23. The lowest BCUT2D eigenvalue weighted by atomic mass is 10.1. The van der Waals surface area contributed by atoms with E-state index in [0.717, 1.165) is 24.0 Å². The average Bonchev–Trinajstić information content (AvgIpc) is 2.34. The van der Waals surface area contributed by atoms with Crippen molar-refractivity contribution in [1.29, 1.82) is 0 Å². The monoisotopic (exact) mass is 246 g/mol. The van der Waals surface area contributed by atoms with Crippen molar-refractivity contribution in [3.05, 3.63) is 30.0 Å². The van der Waals surface area contributed by atoms with Gasteiger partial charge in [-0.3, -0.25) is 0 Å². The molecule has 0 aliphatic rings. The van der Waals surface area contributed by atoms with Crippen LogP contribution in [0.1, 0.15) is 19.5 Å². The SMILES string of the molecule is CC(C)NCCc1ccc2ccc(O)c(O)c2n1. The molecule has 0 radical (unpaired) electrons. The van der Waals surface area contributed by atoms with Gasteiger partial charge in [0.1, 0.15) is 5.52 Å². The van der Waals surface area contributed by atoms with Gasteiger partial charge in [-0.15, -0.1) is 0 Å². The number of fused-ring (bicyclic) bond motifs is 1. The molecule has 0 aliphatic heterocycles. The van der Waals surface area contributed by atoms with Crippen LogP contribution < -0.4 is 5.32 Å². The standard InChI is InChI=1S/C14H18N2O2/c1-9(2)15-8-7-11-5-3-10-4-6-12(17)14(18)13(10)16-11/h3-6,9,15,17-18H,7-8H2,1-2H3. The molecule has 1 heterocycles. The summed E-state index contributed by atoms with van der Waals surface area (Å²) in [7, 11) is 0. The summed E-state index contributed by atoms with van der Waals surface area (Å²) in [4.78, 5) is 4.38. The molecule has 4 heteroatoms. The van der Waals surface area contributed by atoms with E-state index < -0.39 is 0 Å². The molecule has 18 heavy (non-hydrogen) atoms. The molecule has 3 N–H and O–H groups in total. The Morgan fingerprint density at radius 2 is 1.89 bits per heavy atom. The Bertz CT molecular complexity index is 553. The molecule has 0 amide bonds. The van der Waals surface area contributed by atoms with Crippen molar-refractivity contribution in [3.63, 3.8) is 0 Å². The second kappa shape index (κ2) is 5.23. The van der Waals surface area contributed by atoms with Crippen LogP contribution in [0.25, 0.3) is 10.9 Å². The Morgan fingerprint density at radius 3 is 2.61 bits per heavy atom. The summed E-state index contributed by atoms with van der Waals surface area (Å²) >= 11 is 0. The number of rotatable bonds is 4. The van der Waals surface area contributed by atoms with Crippen LogP contribution in [0.2, 0.25) is 0 Å². The lowest BCUT2D eigenvalue weighted by Crippen LogP contribution is -2.25. The van der Waals surface area contributed by atoms with E-state index >= 15 is 0 Å². The van der Waals surface area contributed by atoms with E-state index in [1.807, 2.05) is 12.1 Å². The molecule has 0 spiro atoms. The maximum absolute atomic E-state index is 9.77. The summed E-state index contributed by atoms with van der Waals surface area (Å²) in [6.07, 6.45) is 0.795. The number of phenols is 2. The van der Waals surface area contributed by atoms with Crippen molar-refractivity contribution in [2.75, 3.05) is 6.54 Å². The fraction of sp³-hybridized carbons (Fsp3) is 0.357. The van der Waals surface area contributed by atoms with E-state index in [0.29, 0.717) is 11.6 Å². The number of hydrogen-bond donors (Lipinski definition) is 3. The van der Waals surface area contributed by atoms with E-state index in [9.17, 15) is 10.2 Å². The number of aromatic nitrogens is 1. The number of benzene rings is 1. The van der Waals surface area contributed by atoms with Crippen molar-refractivity contribution in [3.8, 4) is 11.5 Å². The number of phenolic OH excluding ortho intramolecular Hbond substituents is 2. The third-order valence-electron chi connectivity index (χ3n) is 2.81. The Hall–Kier alpha value is -1.81. The second-order valence-corrected chi connectivity index (χ2v) is 4.67. The predicted octanol–water partition coefficient (Wildman–Crippen LogP) is 2.19. The zero-order valence-electron chi connectivity index (χ0n) is 10.6. The minimum Gasteiger partial charge on any atom is -0.504 e. The molecule has 96 valence electrons. The maximum atomic E-state index is 9.77. The van der Waals surface area contributed by atoms with Gasteiger partial charge in [-0.2, -0.15) is 0 Å². The van der Waals surface area contributed by atoms with Gasteiger partial charge >= 0.3 is 0 Å². The van der Waals surface area contributed by atoms with Crippen LogP contribution in [0, 0.1) is 0 Å². The number of hydrogen-bond acceptors (Lipinski definition) is 4. The minimum atomic E-state index is -0.147. The molecule has 0 saturated heterocycles. The molecule has 1 aromatic carbocycles. The van der Waals surface area contributed by atoms with E-state index in [1.54, 1.807) is 6.07 Å². The van der Waals surface area contributed by atoms with Crippen molar-refractivity contribution in [2.45, 2.75) is 26.3 Å². The molecular weight excluding hydrogens is 228 g/mol. The summed E-state index contributed by atoms with van der Waals surface area (Å²) in [5, 5.41) is 23.4. The summed E-state index contributed by atoms with van der Waals surface area (Å²) in [5.41, 5.74) is 1.36. The molecule has 1 aromatic heterocycles. The van der Waals surface area contributed by atoms with E-state index in [4.69, 9.17) is 0 Å². The number of nitrogens with zero attached hydrogens (tertiary/aromatic N) is 1. The quantitative estimate of drug-likeness (QED) is 0.723. The Labute approximate surface area is 106 Å². The van der Waals surface area contributed by atoms with Gasteiger partial charge in [0.15, 0.2) is 11.5 Å². The first-order valence-electron chi connectivity index (χ1n) is 6.12. The zero-order chi connectivity index (χ0) is 13.1. The van der Waals surface area contributed by atoms with E-state index in [-0.39, 0.29) is 11.5 Å². The van der Waals surface area contributed by atoms with E-state index in [2.05, 4.69) is 24.1 Å². The molecule has 2 aromatic rings. The summed E-state index contributed by atoms with van der Waals surface area (Å²) in [6, 6.07) is 7.52. The van der Waals surface area contributed by atoms with Crippen LogP contribution in [0.4, 0.5) is 0 Å². The molecule has 4 nitrogen and oxygen atoms in total. The summed E-state index contributed by atoms with van der Waals surface area (Å²) in [6.45, 7) is 5.03. The van der Waals surface area contributed by atoms with Gasteiger partial charge in [-0.05, 0) is 18.2 Å². The topological polar surface area (TPSA) is 65.4 Å². The third-order valence-corrected chi connectivity index (χ3v) is 2.81. The van der Waals surface area contributed by atoms with Gasteiger partial charge in [0, 0.05) is 30.1 Å². The molecule has 0 aliphatic carbocycles. The molecular formula is C14H18N2O2. The number of aromatic hydroxyl groups is 2. The lowest BCUT2D eigenvalue weighted by Gasteiger charge is -2.08. The first-order valence-corrected chi connectivity index (χ1v) is 6.12. The summed E-state index contributed by atoms with van der Waals surface area (Å²) < 4.78 is 0. The smallest absolute Gasteiger partial charge is 0.184 e. The zero-order valence-corrected chi connectivity index (χ0v) is 10.6. The molecule has 0 bridgehead atoms. The largest absolute Gasteiger partial charge is 0.504 e. The lowest BCUT2D eigenvalue weighted by molar-refractivity contribution is 0.407. The highest BCUT2D eigenvalue weighted by Crippen LogP contribution is 2.31. The van der Waals surface area contributed by atoms with Crippen molar-refractivity contribution in [2.24, 2.45) is 0 Å². The molecule has 0 atom stereocenters. The van der Waals surface area contributed by atoms with Crippen molar-refractivity contribution in [1.82, 2.24) is 10.3 Å². The Kier molecular flexibility index (Phi) is 3.67. The fourth-order valence-electron chi connectivity index (χ4n) is 1.83. The Morgan fingerprint density at radius 1 is 1.17 bits per heavy atom. The van der Waals surface area contributed by atoms with Gasteiger partial charge < -0.3 is 15.5 Å². The fourth-order valence-corrected chi connectivity index (χ4v) is 1.83. The van der Waals surface area contributed by atoms with Crippen LogP contribution in [0.5, 0.6) is 11.5 Å². The number of nitrogens with one attached hydrogen (secondary N) is 1. The molecule has 0 saturated carbocycles. The van der Waals surface area contributed by atoms with Gasteiger partial charge in [-0.1, -0.05) is 19.9 Å². The van der Waals surface area contributed by atoms with Gasteiger partial charge in [0.25, 0.3) is 0 Å². The highest BCUT2D eigenvalue weighted by Gasteiger charge is 2.07. The average molecular weight is 246 g/mol. The van der Waals surface area contributed by atoms with Crippen LogP contribution in [0.15, 0.2) is 24.3 Å². The first kappa shape index (κ1) is 12.6. The van der Waals surface area contributed by atoms with Gasteiger partial charge in [0.05, 0.1) is 0 Å². The summed E-state index contributed by atoms with van der Waals surface area (Å²) in [5.74, 6) is -0.279. The molecule has 0 unspecified atom stereocenters. The van der Waals surface area contributed by atoms with Gasteiger partial charge in [-0.25, -0.2) is 4.98 Å². The highest BCUT2D eigenvalue weighted by molar-refractivity contribution is 5.86. The van der Waals surface area contributed by atoms with Crippen LogP contribution in [-0.2, 0) is 6.42 Å². The normalized spacial score (nSPS) is 11.3. The molecule has 2 rings (SSSR count). The highest BCUT2D eigenvalue weighted by atomic mass is 16.3. The number of pyridine rings is 1. The molecule has 0 fully saturated rings. The second-order valence-electron chi connectivity index (χ2n) is 4.67. The van der Waals surface area contributed by atoms with Crippen LogP contribution in [0.3, 0.4) is 0 Å².